The maximum absolute atomic E-state index is 13.1. The Labute approximate surface area is 268 Å². The summed E-state index contributed by atoms with van der Waals surface area (Å²) in [6.07, 6.45) is 1.86. The van der Waals surface area contributed by atoms with Crippen LogP contribution >= 0.6 is 15.0 Å². The van der Waals surface area contributed by atoms with Gasteiger partial charge in [-0.15, -0.1) is 0 Å². The van der Waals surface area contributed by atoms with E-state index < -0.39 is 38.0 Å². The lowest BCUT2D eigenvalue weighted by Gasteiger charge is -2.47. The van der Waals surface area contributed by atoms with Gasteiger partial charge in [-0.2, -0.15) is 5.06 Å². The Balaban J connectivity index is 0. The first kappa shape index (κ1) is 45.3. The molecule has 4 unspecified atom stereocenters. The summed E-state index contributed by atoms with van der Waals surface area (Å²) in [7, 11) is -3.09. The molecule has 0 amide bonds. The minimum absolute atomic E-state index is 0.227. The minimum atomic E-state index is -3.21. The van der Waals surface area contributed by atoms with Gasteiger partial charge >= 0.3 is 19.5 Å². The fourth-order valence-electron chi connectivity index (χ4n) is 4.36. The van der Waals surface area contributed by atoms with E-state index in [0.717, 1.165) is 12.8 Å². The summed E-state index contributed by atoms with van der Waals surface area (Å²) >= 11 is 0. The molecule has 44 heavy (non-hydrogen) atoms. The molecule has 0 aliphatic rings. The third-order valence-electron chi connectivity index (χ3n) is 6.46. The molecule has 0 radical (unpaired) electrons. The number of carbonyl (C=O) groups excluding carboxylic acids is 2. The van der Waals surface area contributed by atoms with Crippen molar-refractivity contribution < 1.29 is 46.6 Å². The number of unbranched alkanes of at least 4 members (excludes halogenated alkanes) is 1. The van der Waals surface area contributed by atoms with Crippen molar-refractivity contribution >= 4 is 26.9 Å². The summed E-state index contributed by atoms with van der Waals surface area (Å²) < 4.78 is 51.9. The first-order valence-electron chi connectivity index (χ1n) is 15.6. The summed E-state index contributed by atoms with van der Waals surface area (Å²) in [5, 5.41) is 1.63. The van der Waals surface area contributed by atoms with E-state index in [0.29, 0.717) is 33.0 Å². The van der Waals surface area contributed by atoms with E-state index >= 15 is 0 Å². The third-order valence-corrected chi connectivity index (χ3v) is 11.6. The van der Waals surface area contributed by atoms with Gasteiger partial charge in [-0.1, -0.05) is 41.0 Å². The topological polar surface area (TPSA) is 130 Å². The molecule has 0 aliphatic heterocycles. The van der Waals surface area contributed by atoms with Gasteiger partial charge in [0.25, 0.3) is 0 Å². The van der Waals surface area contributed by atoms with E-state index in [9.17, 15) is 18.7 Å². The summed E-state index contributed by atoms with van der Waals surface area (Å²) in [5.74, 6) is -1.91. The fourth-order valence-corrected chi connectivity index (χ4v) is 9.02. The molecular weight excluding hydrogens is 610 g/mol. The zero-order valence-electron chi connectivity index (χ0n) is 30.3. The van der Waals surface area contributed by atoms with Crippen molar-refractivity contribution in [2.45, 2.75) is 113 Å². The van der Waals surface area contributed by atoms with Crippen molar-refractivity contribution in [1.82, 2.24) is 9.96 Å². The molecule has 0 rings (SSSR count). The second-order valence-electron chi connectivity index (χ2n) is 12.8. The molecule has 12 nitrogen and oxygen atoms in total. The van der Waals surface area contributed by atoms with Crippen LogP contribution in [0.1, 0.15) is 95.9 Å². The lowest BCUT2D eigenvalue weighted by Crippen LogP contribution is -2.53. The quantitative estimate of drug-likeness (QED) is 0.0604. The van der Waals surface area contributed by atoms with Crippen LogP contribution in [0.25, 0.3) is 0 Å². The number of hydrogen-bond acceptors (Lipinski definition) is 12. The van der Waals surface area contributed by atoms with Gasteiger partial charge in [-0.3, -0.25) is 23.7 Å². The number of methoxy groups -OCH3 is 1. The van der Waals surface area contributed by atoms with Crippen molar-refractivity contribution in [1.29, 1.82) is 0 Å². The van der Waals surface area contributed by atoms with Crippen LogP contribution in [0.2, 0.25) is 0 Å². The number of hydrogen-bond donors (Lipinski definition) is 0. The second kappa shape index (κ2) is 21.1. The van der Waals surface area contributed by atoms with Gasteiger partial charge in [-0.05, 0) is 67.3 Å². The minimum Gasteiger partial charge on any atom is -0.467 e. The van der Waals surface area contributed by atoms with Gasteiger partial charge in [0.15, 0.2) is 6.61 Å². The van der Waals surface area contributed by atoms with E-state index in [1.165, 1.54) is 7.11 Å². The molecule has 14 heteroatoms. The van der Waals surface area contributed by atoms with E-state index in [4.69, 9.17) is 23.1 Å². The van der Waals surface area contributed by atoms with Crippen LogP contribution in [-0.4, -0.2) is 99.4 Å². The second-order valence-corrected chi connectivity index (χ2v) is 17.7. The molecule has 0 N–H and O–H groups in total. The molecule has 0 spiro atoms. The molecule has 0 aromatic heterocycles. The fraction of sp³-hybridized carbons (Fsp3) is 0.933. The van der Waals surface area contributed by atoms with Crippen LogP contribution < -0.4 is 0 Å². The lowest BCUT2D eigenvalue weighted by molar-refractivity contribution is -0.238. The summed E-state index contributed by atoms with van der Waals surface area (Å²) in [6, 6.07) is 0. The molecule has 4 atom stereocenters. The zero-order valence-corrected chi connectivity index (χ0v) is 32.0. The molecule has 0 aliphatic carbocycles. The third kappa shape index (κ3) is 16.6. The Kier molecular flexibility index (Phi) is 21.7. The molecular formula is C30H64N2O10P2. The molecule has 0 heterocycles. The Bertz CT molecular complexity index is 910. The maximum Gasteiger partial charge on any atom is 0.347 e. The zero-order chi connectivity index (χ0) is 34.9. The molecule has 0 saturated carbocycles. The maximum atomic E-state index is 13.1. The molecule has 0 aromatic rings. The standard InChI is InChI=1S/2C15H32NO5P/c1-10-21-22(9,18)13(14(2,3)4)16(15(5,6)7)20-11-12(17)19-8;1-7-10-11-19-15(17)13(4)12-16(6)14(5)22(18,20-8-2)21-9-3/h13H,10-11H2,1-9H3;13-14H,7-12H2,1-6H3. The molecule has 0 bridgehead atoms. The van der Waals surface area contributed by atoms with Gasteiger partial charge in [-0.25, -0.2) is 4.79 Å². The van der Waals surface area contributed by atoms with E-state index in [1.54, 1.807) is 32.5 Å². The van der Waals surface area contributed by atoms with Crippen LogP contribution in [-0.2, 0) is 46.6 Å². The number of nitrogens with zero attached hydrogens (tertiary/aromatic N) is 2. The van der Waals surface area contributed by atoms with Gasteiger partial charge < -0.3 is 23.0 Å². The average Bonchev–Trinajstić information content (AvgIpc) is 2.89. The molecule has 0 saturated heterocycles. The predicted octanol–water partition coefficient (Wildman–Crippen LogP) is 7.02. The Morgan fingerprint density at radius 2 is 1.36 bits per heavy atom. The first-order chi connectivity index (χ1) is 20.1. The van der Waals surface area contributed by atoms with E-state index in [-0.39, 0.29) is 23.9 Å². The van der Waals surface area contributed by atoms with Crippen LogP contribution in [0.4, 0.5) is 0 Å². The highest BCUT2D eigenvalue weighted by atomic mass is 31.2. The Morgan fingerprint density at radius 1 is 0.864 bits per heavy atom. The van der Waals surface area contributed by atoms with Gasteiger partial charge in [0, 0.05) is 18.7 Å². The van der Waals surface area contributed by atoms with Gasteiger partial charge in [0.1, 0.15) is 11.6 Å². The number of hydroxylamine groups is 2. The van der Waals surface area contributed by atoms with E-state index in [1.807, 2.05) is 74.3 Å². The molecule has 0 fully saturated rings. The highest BCUT2D eigenvalue weighted by Crippen LogP contribution is 2.57. The Morgan fingerprint density at radius 3 is 1.75 bits per heavy atom. The van der Waals surface area contributed by atoms with Gasteiger partial charge in [0.05, 0.1) is 39.5 Å². The van der Waals surface area contributed by atoms with Crippen molar-refractivity contribution in [3.63, 3.8) is 0 Å². The summed E-state index contributed by atoms with van der Waals surface area (Å²) in [6.45, 7) is 26.1. The highest BCUT2D eigenvalue weighted by Gasteiger charge is 2.47. The monoisotopic (exact) mass is 674 g/mol. The van der Waals surface area contributed by atoms with E-state index in [2.05, 4.69) is 4.74 Å². The number of ether oxygens (including phenoxy) is 2. The molecule has 264 valence electrons. The SMILES string of the molecule is CCCCOC(=O)C(C)CN(C)C(C)P(=O)(OCC)OCC.CCOP(C)(=O)C(N(OCC(=O)OC)C(C)(C)C)C(C)(C)C. The largest absolute Gasteiger partial charge is 0.467 e. The smallest absolute Gasteiger partial charge is 0.347 e. The van der Waals surface area contributed by atoms with Crippen LogP contribution in [0.3, 0.4) is 0 Å². The van der Waals surface area contributed by atoms with Crippen molar-refractivity contribution in [3.05, 3.63) is 0 Å². The average molecular weight is 675 g/mol. The van der Waals surface area contributed by atoms with Crippen molar-refractivity contribution in [2.24, 2.45) is 11.3 Å². The number of carbonyl (C=O) groups is 2. The normalized spacial score (nSPS) is 16.0. The van der Waals surface area contributed by atoms with Crippen molar-refractivity contribution in [3.8, 4) is 0 Å². The predicted molar refractivity (Wildman–Crippen MR) is 176 cm³/mol. The number of rotatable bonds is 19. The van der Waals surface area contributed by atoms with Gasteiger partial charge in [0.2, 0.25) is 7.37 Å². The first-order valence-corrected chi connectivity index (χ1v) is 19.3. The number of esters is 2. The summed E-state index contributed by atoms with van der Waals surface area (Å²) in [5.41, 5.74) is -0.836. The highest BCUT2D eigenvalue weighted by molar-refractivity contribution is 7.58. The van der Waals surface area contributed by atoms with Crippen LogP contribution in [0.15, 0.2) is 0 Å². The van der Waals surface area contributed by atoms with Crippen molar-refractivity contribution in [2.75, 3.05) is 60.4 Å². The molecule has 0 aromatic carbocycles. The lowest BCUT2D eigenvalue weighted by atomic mass is 9.94. The van der Waals surface area contributed by atoms with Crippen LogP contribution in [0.5, 0.6) is 0 Å². The summed E-state index contributed by atoms with van der Waals surface area (Å²) in [4.78, 5) is 30.8. The Hall–Kier alpha value is -0.840. The van der Waals surface area contributed by atoms with Crippen LogP contribution in [0, 0.1) is 11.3 Å².